The lowest BCUT2D eigenvalue weighted by molar-refractivity contribution is -0.112. The molecule has 0 saturated heterocycles. The molecule has 0 aliphatic carbocycles. The quantitative estimate of drug-likeness (QED) is 0.608. The van der Waals surface area contributed by atoms with Crippen LogP contribution in [-0.4, -0.2) is 13.0 Å². The molecule has 2 aromatic rings. The molecule has 2 aromatic carbocycles. The molecule has 122 valence electrons. The predicted octanol–water partition coefficient (Wildman–Crippen LogP) is 4.46. The van der Waals surface area contributed by atoms with E-state index in [0.29, 0.717) is 27.2 Å². The van der Waals surface area contributed by atoms with Gasteiger partial charge in [0, 0.05) is 11.2 Å². The number of halogens is 2. The number of carbonyl (C=O) groups excluding carboxylic acids is 1. The standard InChI is InChI=1S/C17H13Cl2N3O2/c1-24-16-7-6-12(18)8-15(16)22-17(23)11(9-20)10-21-14-5-3-2-4-13(14)19/h2-8,10,21H,1H3,(H,22,23)/b11-10-. The van der Waals surface area contributed by atoms with Crippen LogP contribution in [0.1, 0.15) is 0 Å². The van der Waals surface area contributed by atoms with E-state index < -0.39 is 5.91 Å². The van der Waals surface area contributed by atoms with Crippen molar-refractivity contribution in [2.24, 2.45) is 0 Å². The lowest BCUT2D eigenvalue weighted by Crippen LogP contribution is -2.15. The predicted molar refractivity (Wildman–Crippen MR) is 95.4 cm³/mol. The van der Waals surface area contributed by atoms with E-state index >= 15 is 0 Å². The van der Waals surface area contributed by atoms with Crippen LogP contribution in [0.3, 0.4) is 0 Å². The molecule has 0 fully saturated rings. The number of amides is 1. The van der Waals surface area contributed by atoms with Crippen LogP contribution in [0.25, 0.3) is 0 Å². The van der Waals surface area contributed by atoms with E-state index in [-0.39, 0.29) is 5.57 Å². The largest absolute Gasteiger partial charge is 0.495 e. The number of para-hydroxylation sites is 1. The molecule has 1 amide bonds. The Kier molecular flexibility index (Phi) is 6.07. The number of nitriles is 1. The summed E-state index contributed by atoms with van der Waals surface area (Å²) < 4.78 is 5.15. The average Bonchev–Trinajstić information content (AvgIpc) is 2.57. The van der Waals surface area contributed by atoms with Crippen molar-refractivity contribution >= 4 is 40.5 Å². The third-order valence-corrected chi connectivity index (χ3v) is 3.59. The minimum atomic E-state index is -0.599. The first kappa shape index (κ1) is 17.7. The Morgan fingerprint density at radius 3 is 2.62 bits per heavy atom. The molecule has 0 spiro atoms. The van der Waals surface area contributed by atoms with Crippen molar-refractivity contribution in [3.05, 3.63) is 64.3 Å². The van der Waals surface area contributed by atoms with E-state index in [1.807, 2.05) is 6.07 Å². The highest BCUT2D eigenvalue weighted by Crippen LogP contribution is 2.28. The fraction of sp³-hybridized carbons (Fsp3) is 0.0588. The molecule has 2 rings (SSSR count). The van der Waals surface area contributed by atoms with Gasteiger partial charge in [-0.05, 0) is 30.3 Å². The second-order valence-corrected chi connectivity index (χ2v) is 5.44. The summed E-state index contributed by atoms with van der Waals surface area (Å²) in [6, 6.07) is 13.6. The molecule has 0 unspecified atom stereocenters. The summed E-state index contributed by atoms with van der Waals surface area (Å²) in [5.74, 6) is -0.165. The molecule has 2 N–H and O–H groups in total. The van der Waals surface area contributed by atoms with Crippen LogP contribution in [0, 0.1) is 11.3 Å². The van der Waals surface area contributed by atoms with E-state index in [2.05, 4.69) is 10.6 Å². The Bertz CT molecular complexity index is 829. The lowest BCUT2D eigenvalue weighted by atomic mass is 10.2. The van der Waals surface area contributed by atoms with Gasteiger partial charge in [0.25, 0.3) is 5.91 Å². The molecule has 0 atom stereocenters. The van der Waals surface area contributed by atoms with Gasteiger partial charge in [-0.3, -0.25) is 4.79 Å². The van der Waals surface area contributed by atoms with Crippen molar-refractivity contribution in [1.82, 2.24) is 0 Å². The first-order valence-corrected chi connectivity index (χ1v) is 7.57. The molecule has 0 bridgehead atoms. The van der Waals surface area contributed by atoms with E-state index in [1.54, 1.807) is 36.4 Å². The van der Waals surface area contributed by atoms with Gasteiger partial charge in [-0.15, -0.1) is 0 Å². The average molecular weight is 362 g/mol. The molecule has 7 heteroatoms. The van der Waals surface area contributed by atoms with Crippen molar-refractivity contribution in [3.8, 4) is 11.8 Å². The van der Waals surface area contributed by atoms with Crippen molar-refractivity contribution in [2.45, 2.75) is 0 Å². The number of ether oxygens (including phenoxy) is 1. The highest BCUT2D eigenvalue weighted by Gasteiger charge is 2.13. The summed E-state index contributed by atoms with van der Waals surface area (Å²) in [6.45, 7) is 0. The van der Waals surface area contributed by atoms with Gasteiger partial charge in [0.05, 0.1) is 23.5 Å². The summed E-state index contributed by atoms with van der Waals surface area (Å²) in [5, 5.41) is 15.5. The van der Waals surface area contributed by atoms with Crippen molar-refractivity contribution in [1.29, 1.82) is 5.26 Å². The molecule has 0 radical (unpaired) electrons. The number of anilines is 2. The molecule has 0 aromatic heterocycles. The van der Waals surface area contributed by atoms with Gasteiger partial charge >= 0.3 is 0 Å². The van der Waals surface area contributed by atoms with Crippen LogP contribution >= 0.6 is 23.2 Å². The fourth-order valence-electron chi connectivity index (χ4n) is 1.84. The Hall–Kier alpha value is -2.68. The SMILES string of the molecule is COc1ccc(Cl)cc1NC(=O)/C(C#N)=C\Nc1ccccc1Cl. The van der Waals surface area contributed by atoms with Crippen LogP contribution in [0.2, 0.25) is 10.0 Å². The zero-order chi connectivity index (χ0) is 17.5. The van der Waals surface area contributed by atoms with Crippen LogP contribution in [0.5, 0.6) is 5.75 Å². The van der Waals surface area contributed by atoms with Crippen molar-refractivity contribution < 1.29 is 9.53 Å². The van der Waals surface area contributed by atoms with Crippen LogP contribution < -0.4 is 15.4 Å². The van der Waals surface area contributed by atoms with Crippen LogP contribution in [-0.2, 0) is 4.79 Å². The third-order valence-electron chi connectivity index (χ3n) is 3.02. The third kappa shape index (κ3) is 4.42. The summed E-state index contributed by atoms with van der Waals surface area (Å²) in [5.41, 5.74) is 0.825. The van der Waals surface area contributed by atoms with Crippen molar-refractivity contribution in [2.75, 3.05) is 17.7 Å². The Balaban J connectivity index is 2.18. The zero-order valence-electron chi connectivity index (χ0n) is 12.6. The topological polar surface area (TPSA) is 74.1 Å². The molecule has 24 heavy (non-hydrogen) atoms. The first-order chi connectivity index (χ1) is 11.5. The Morgan fingerprint density at radius 2 is 1.96 bits per heavy atom. The smallest absolute Gasteiger partial charge is 0.267 e. The fourth-order valence-corrected chi connectivity index (χ4v) is 2.21. The van der Waals surface area contributed by atoms with E-state index in [1.165, 1.54) is 19.4 Å². The van der Waals surface area contributed by atoms with Gasteiger partial charge in [0.15, 0.2) is 0 Å². The molecular weight excluding hydrogens is 349 g/mol. The van der Waals surface area contributed by atoms with Crippen LogP contribution in [0.15, 0.2) is 54.2 Å². The van der Waals surface area contributed by atoms with Gasteiger partial charge in [0.2, 0.25) is 0 Å². The number of nitrogens with zero attached hydrogens (tertiary/aromatic N) is 1. The number of benzene rings is 2. The first-order valence-electron chi connectivity index (χ1n) is 6.81. The maximum Gasteiger partial charge on any atom is 0.267 e. The summed E-state index contributed by atoms with van der Waals surface area (Å²) in [7, 11) is 1.47. The summed E-state index contributed by atoms with van der Waals surface area (Å²) in [4.78, 5) is 12.3. The zero-order valence-corrected chi connectivity index (χ0v) is 14.2. The molecule has 5 nitrogen and oxygen atoms in total. The number of rotatable bonds is 5. The highest BCUT2D eigenvalue weighted by molar-refractivity contribution is 6.33. The number of carbonyl (C=O) groups is 1. The molecule has 0 saturated carbocycles. The van der Waals surface area contributed by atoms with Gasteiger partial charge in [0.1, 0.15) is 17.4 Å². The van der Waals surface area contributed by atoms with E-state index in [9.17, 15) is 10.1 Å². The maximum absolute atomic E-state index is 12.3. The highest BCUT2D eigenvalue weighted by atomic mass is 35.5. The summed E-state index contributed by atoms with van der Waals surface area (Å²) in [6.07, 6.45) is 1.29. The van der Waals surface area contributed by atoms with Gasteiger partial charge in [-0.2, -0.15) is 5.26 Å². The number of methoxy groups -OCH3 is 1. The second kappa shape index (κ2) is 8.25. The van der Waals surface area contributed by atoms with Gasteiger partial charge in [-0.1, -0.05) is 35.3 Å². The minimum absolute atomic E-state index is 0.128. The monoisotopic (exact) mass is 361 g/mol. The van der Waals surface area contributed by atoms with Crippen molar-refractivity contribution in [3.63, 3.8) is 0 Å². The number of hydrogen-bond acceptors (Lipinski definition) is 4. The van der Waals surface area contributed by atoms with Gasteiger partial charge < -0.3 is 15.4 Å². The Morgan fingerprint density at radius 1 is 1.21 bits per heavy atom. The normalized spacial score (nSPS) is 10.7. The molecular formula is C17H13Cl2N3O2. The lowest BCUT2D eigenvalue weighted by Gasteiger charge is -2.10. The minimum Gasteiger partial charge on any atom is -0.495 e. The molecule has 0 heterocycles. The van der Waals surface area contributed by atoms with E-state index in [0.717, 1.165) is 0 Å². The number of hydrogen-bond donors (Lipinski definition) is 2. The van der Waals surface area contributed by atoms with Crippen LogP contribution in [0.4, 0.5) is 11.4 Å². The van der Waals surface area contributed by atoms with Gasteiger partial charge in [-0.25, -0.2) is 0 Å². The Labute approximate surface area is 149 Å². The second-order valence-electron chi connectivity index (χ2n) is 4.59. The number of nitrogens with one attached hydrogen (secondary N) is 2. The molecule has 0 aliphatic heterocycles. The molecule has 0 aliphatic rings. The maximum atomic E-state index is 12.3. The van der Waals surface area contributed by atoms with E-state index in [4.69, 9.17) is 27.9 Å². The summed E-state index contributed by atoms with van der Waals surface area (Å²) >= 11 is 11.9.